The highest BCUT2D eigenvalue weighted by atomic mass is 16.3. The number of unbranched alkanes of at least 4 members (excludes halogenated alkanes) is 2. The van der Waals surface area contributed by atoms with Gasteiger partial charge in [0.1, 0.15) is 0 Å². The van der Waals surface area contributed by atoms with E-state index in [1.54, 1.807) is 0 Å². The van der Waals surface area contributed by atoms with Crippen LogP contribution in [0.15, 0.2) is 0 Å². The Labute approximate surface area is 75.2 Å². The van der Waals surface area contributed by atoms with Crippen LogP contribution in [0.25, 0.3) is 0 Å². The molecule has 0 saturated heterocycles. The molecule has 0 aromatic carbocycles. The fraction of sp³-hybridized carbons (Fsp3) is 0.800. The topological polar surface area (TPSA) is 46.2 Å². The smallest absolute Gasteiger partial charge is 0.0549 e. The van der Waals surface area contributed by atoms with Gasteiger partial charge in [0.15, 0.2) is 0 Å². The second-order valence-corrected chi connectivity index (χ2v) is 3.01. The molecule has 0 spiro atoms. The van der Waals surface area contributed by atoms with Gasteiger partial charge in [0.2, 0.25) is 0 Å². The standard InChI is InChI=1S/C10H19NO/c1-2-3-4-7-10(12)8-5-6-9-11/h10,12H,2-5,7-8,11H2,1H3/t10-/m0/s1. The maximum atomic E-state index is 9.39. The van der Waals surface area contributed by atoms with Gasteiger partial charge in [-0.2, -0.15) is 0 Å². The number of nitrogens with two attached hydrogens (primary N) is 1. The van der Waals surface area contributed by atoms with Crippen LogP contribution in [0.5, 0.6) is 0 Å². The van der Waals surface area contributed by atoms with E-state index >= 15 is 0 Å². The van der Waals surface area contributed by atoms with Gasteiger partial charge in [-0.3, -0.25) is 0 Å². The number of aliphatic hydroxyl groups is 1. The summed E-state index contributed by atoms with van der Waals surface area (Å²) >= 11 is 0. The van der Waals surface area contributed by atoms with Crippen molar-refractivity contribution in [3.05, 3.63) is 0 Å². The molecule has 12 heavy (non-hydrogen) atoms. The third kappa shape index (κ3) is 7.43. The molecule has 0 rings (SSSR count). The van der Waals surface area contributed by atoms with Gasteiger partial charge in [-0.25, -0.2) is 0 Å². The summed E-state index contributed by atoms with van der Waals surface area (Å²) in [4.78, 5) is 0. The van der Waals surface area contributed by atoms with E-state index in [9.17, 15) is 5.11 Å². The van der Waals surface area contributed by atoms with Crippen LogP contribution in [0.4, 0.5) is 0 Å². The van der Waals surface area contributed by atoms with Gasteiger partial charge in [-0.15, -0.1) is 0 Å². The van der Waals surface area contributed by atoms with Crippen LogP contribution in [0.3, 0.4) is 0 Å². The van der Waals surface area contributed by atoms with Gasteiger partial charge in [0, 0.05) is 12.5 Å². The molecule has 0 aliphatic rings. The molecule has 70 valence electrons. The molecular weight excluding hydrogens is 150 g/mol. The first kappa shape index (κ1) is 11.3. The monoisotopic (exact) mass is 169 g/mol. The fourth-order valence-corrected chi connectivity index (χ4v) is 1.09. The summed E-state index contributed by atoms with van der Waals surface area (Å²) in [5.41, 5.74) is 4.99. The molecule has 0 aromatic heterocycles. The van der Waals surface area contributed by atoms with Crippen molar-refractivity contribution in [2.75, 3.05) is 0 Å². The third-order valence-electron chi connectivity index (χ3n) is 1.85. The molecule has 0 aliphatic carbocycles. The van der Waals surface area contributed by atoms with Crippen molar-refractivity contribution in [1.29, 1.82) is 0 Å². The normalized spacial score (nSPS) is 11.8. The molecule has 0 heterocycles. The summed E-state index contributed by atoms with van der Waals surface area (Å²) in [6, 6.07) is 2.33. The van der Waals surface area contributed by atoms with Gasteiger partial charge < -0.3 is 10.8 Å². The average molecular weight is 169 g/mol. The Kier molecular flexibility index (Phi) is 7.94. The predicted octanol–water partition coefficient (Wildman–Crippen LogP) is 1.63. The third-order valence-corrected chi connectivity index (χ3v) is 1.85. The lowest BCUT2D eigenvalue weighted by molar-refractivity contribution is 0.153. The van der Waals surface area contributed by atoms with Crippen LogP contribution in [0.1, 0.15) is 45.4 Å². The molecule has 0 unspecified atom stereocenters. The minimum atomic E-state index is -0.183. The molecule has 0 aliphatic heterocycles. The lowest BCUT2D eigenvalue weighted by atomic mass is 10.1. The first-order chi connectivity index (χ1) is 5.81. The van der Waals surface area contributed by atoms with Crippen LogP contribution in [-0.4, -0.2) is 11.2 Å². The molecule has 0 saturated carbocycles. The Morgan fingerprint density at radius 1 is 1.33 bits per heavy atom. The van der Waals surface area contributed by atoms with Crippen molar-refractivity contribution in [3.63, 3.8) is 0 Å². The van der Waals surface area contributed by atoms with Crippen molar-refractivity contribution in [2.45, 2.75) is 51.6 Å². The highest BCUT2D eigenvalue weighted by molar-refractivity contribution is 4.93. The minimum Gasteiger partial charge on any atom is -0.393 e. The summed E-state index contributed by atoms with van der Waals surface area (Å²) in [6.45, 7) is 2.16. The SMILES string of the molecule is CCCCC[C@H](O)CCC#CN. The summed E-state index contributed by atoms with van der Waals surface area (Å²) in [5, 5.41) is 9.39. The van der Waals surface area contributed by atoms with Crippen LogP contribution < -0.4 is 5.73 Å². The molecular formula is C10H19NO. The van der Waals surface area contributed by atoms with E-state index in [-0.39, 0.29) is 6.10 Å². The summed E-state index contributed by atoms with van der Waals surface area (Å²) in [5.74, 6) is 2.74. The number of rotatable bonds is 6. The molecule has 0 amide bonds. The molecule has 0 bridgehead atoms. The van der Waals surface area contributed by atoms with E-state index in [2.05, 4.69) is 18.9 Å². The Hall–Kier alpha value is -0.680. The molecule has 3 N–H and O–H groups in total. The average Bonchev–Trinajstić information content (AvgIpc) is 2.06. The number of hydrogen-bond donors (Lipinski definition) is 2. The van der Waals surface area contributed by atoms with E-state index in [0.29, 0.717) is 6.42 Å². The highest BCUT2D eigenvalue weighted by Gasteiger charge is 2.01. The van der Waals surface area contributed by atoms with E-state index in [4.69, 9.17) is 5.73 Å². The van der Waals surface area contributed by atoms with Crippen LogP contribution in [0, 0.1) is 12.0 Å². The largest absolute Gasteiger partial charge is 0.393 e. The summed E-state index contributed by atoms with van der Waals surface area (Å²) in [7, 11) is 0. The van der Waals surface area contributed by atoms with Crippen LogP contribution in [0.2, 0.25) is 0 Å². The summed E-state index contributed by atoms with van der Waals surface area (Å²) in [6.07, 6.45) is 5.72. The quantitative estimate of drug-likeness (QED) is 0.360. The van der Waals surface area contributed by atoms with E-state index in [1.807, 2.05) is 0 Å². The zero-order valence-electron chi connectivity index (χ0n) is 7.84. The molecule has 0 aromatic rings. The van der Waals surface area contributed by atoms with Crippen LogP contribution >= 0.6 is 0 Å². The van der Waals surface area contributed by atoms with Gasteiger partial charge in [0.05, 0.1) is 6.10 Å². The second-order valence-electron chi connectivity index (χ2n) is 3.01. The Morgan fingerprint density at radius 2 is 2.08 bits per heavy atom. The maximum Gasteiger partial charge on any atom is 0.0549 e. The molecule has 0 fully saturated rings. The molecule has 2 nitrogen and oxygen atoms in total. The number of hydrogen-bond acceptors (Lipinski definition) is 2. The van der Waals surface area contributed by atoms with Crippen LogP contribution in [-0.2, 0) is 0 Å². The zero-order chi connectivity index (χ0) is 9.23. The van der Waals surface area contributed by atoms with Crippen molar-refractivity contribution >= 4 is 0 Å². The van der Waals surface area contributed by atoms with E-state index in [1.165, 1.54) is 12.8 Å². The number of aliphatic hydroxyl groups excluding tert-OH is 1. The lowest BCUT2D eigenvalue weighted by Gasteiger charge is -2.06. The first-order valence-corrected chi connectivity index (χ1v) is 4.67. The minimum absolute atomic E-state index is 0.183. The van der Waals surface area contributed by atoms with Gasteiger partial charge >= 0.3 is 0 Å². The predicted molar refractivity (Wildman–Crippen MR) is 51.3 cm³/mol. The van der Waals surface area contributed by atoms with Crippen molar-refractivity contribution in [2.24, 2.45) is 5.73 Å². The first-order valence-electron chi connectivity index (χ1n) is 4.67. The lowest BCUT2D eigenvalue weighted by Crippen LogP contribution is -2.05. The van der Waals surface area contributed by atoms with Gasteiger partial charge in [-0.1, -0.05) is 32.1 Å². The zero-order valence-corrected chi connectivity index (χ0v) is 7.84. The van der Waals surface area contributed by atoms with Gasteiger partial charge in [-0.05, 0) is 12.8 Å². The fourth-order valence-electron chi connectivity index (χ4n) is 1.09. The Bertz CT molecular complexity index is 146. The Morgan fingerprint density at radius 3 is 2.67 bits per heavy atom. The van der Waals surface area contributed by atoms with Crippen molar-refractivity contribution in [3.8, 4) is 12.0 Å². The second kappa shape index (κ2) is 8.42. The summed E-state index contributed by atoms with van der Waals surface area (Å²) < 4.78 is 0. The molecule has 2 heteroatoms. The maximum absolute atomic E-state index is 9.39. The van der Waals surface area contributed by atoms with E-state index in [0.717, 1.165) is 19.3 Å². The van der Waals surface area contributed by atoms with E-state index < -0.39 is 0 Å². The Balaban J connectivity index is 3.19. The molecule has 1 atom stereocenters. The van der Waals surface area contributed by atoms with Crippen molar-refractivity contribution < 1.29 is 5.11 Å². The van der Waals surface area contributed by atoms with Crippen molar-refractivity contribution in [1.82, 2.24) is 0 Å². The molecule has 0 radical (unpaired) electrons. The highest BCUT2D eigenvalue weighted by Crippen LogP contribution is 2.07. The van der Waals surface area contributed by atoms with Gasteiger partial charge in [0.25, 0.3) is 0 Å².